The molecule has 1 fully saturated rings. The van der Waals surface area contributed by atoms with Gasteiger partial charge in [0.05, 0.1) is 6.61 Å². The Morgan fingerprint density at radius 2 is 1.90 bits per heavy atom. The van der Waals surface area contributed by atoms with E-state index in [1.54, 1.807) is 0 Å². The molecular formula is C17H29N3O. The van der Waals surface area contributed by atoms with Gasteiger partial charge in [-0.15, -0.1) is 0 Å². The van der Waals surface area contributed by atoms with E-state index < -0.39 is 0 Å². The quantitative estimate of drug-likeness (QED) is 0.843. The van der Waals surface area contributed by atoms with Crippen LogP contribution in [0.2, 0.25) is 0 Å². The average Bonchev–Trinajstić information content (AvgIpc) is 2.49. The number of benzene rings is 1. The molecule has 0 saturated carbocycles. The van der Waals surface area contributed by atoms with Crippen LogP contribution in [0.25, 0.3) is 0 Å². The fraction of sp³-hybridized carbons (Fsp3) is 0.647. The van der Waals surface area contributed by atoms with Gasteiger partial charge in [0.2, 0.25) is 0 Å². The van der Waals surface area contributed by atoms with Gasteiger partial charge in [0.25, 0.3) is 0 Å². The maximum atomic E-state index is 8.98. The second kappa shape index (κ2) is 7.66. The van der Waals surface area contributed by atoms with E-state index in [9.17, 15) is 0 Å². The summed E-state index contributed by atoms with van der Waals surface area (Å²) >= 11 is 0. The van der Waals surface area contributed by atoms with Gasteiger partial charge in [-0.25, -0.2) is 0 Å². The van der Waals surface area contributed by atoms with Crippen LogP contribution in [0.3, 0.4) is 0 Å². The number of nitrogens with one attached hydrogen (secondary N) is 1. The van der Waals surface area contributed by atoms with Crippen LogP contribution in [-0.2, 0) is 0 Å². The first kappa shape index (κ1) is 16.1. The van der Waals surface area contributed by atoms with Crippen molar-refractivity contribution < 1.29 is 5.11 Å². The first-order valence-corrected chi connectivity index (χ1v) is 7.97. The van der Waals surface area contributed by atoms with Crippen LogP contribution in [0.15, 0.2) is 24.3 Å². The molecule has 1 heterocycles. The molecule has 21 heavy (non-hydrogen) atoms. The molecule has 1 unspecified atom stereocenters. The van der Waals surface area contributed by atoms with E-state index >= 15 is 0 Å². The van der Waals surface area contributed by atoms with Gasteiger partial charge in [-0.1, -0.05) is 0 Å². The molecule has 0 bridgehead atoms. The lowest BCUT2D eigenvalue weighted by Gasteiger charge is -2.33. The van der Waals surface area contributed by atoms with Crippen molar-refractivity contribution in [2.24, 2.45) is 5.92 Å². The van der Waals surface area contributed by atoms with Gasteiger partial charge in [-0.3, -0.25) is 0 Å². The van der Waals surface area contributed by atoms with Gasteiger partial charge in [0.1, 0.15) is 0 Å². The van der Waals surface area contributed by atoms with Crippen molar-refractivity contribution in [2.45, 2.75) is 25.8 Å². The predicted octanol–water partition coefficient (Wildman–Crippen LogP) is 2.26. The minimum absolute atomic E-state index is 0.184. The van der Waals surface area contributed by atoms with Crippen molar-refractivity contribution >= 4 is 11.4 Å². The summed E-state index contributed by atoms with van der Waals surface area (Å²) in [5.74, 6) is 0.762. The molecule has 1 aliphatic rings. The van der Waals surface area contributed by atoms with Crippen molar-refractivity contribution in [2.75, 3.05) is 50.6 Å². The molecule has 1 aliphatic heterocycles. The first-order valence-electron chi connectivity index (χ1n) is 7.97. The number of likely N-dealkylation sites (tertiary alicyclic amines) is 1. The van der Waals surface area contributed by atoms with E-state index in [0.717, 1.165) is 11.6 Å². The third-order valence-corrected chi connectivity index (χ3v) is 4.61. The topological polar surface area (TPSA) is 38.7 Å². The first-order chi connectivity index (χ1) is 10.1. The Labute approximate surface area is 128 Å². The third-order valence-electron chi connectivity index (χ3n) is 4.61. The van der Waals surface area contributed by atoms with E-state index in [0.29, 0.717) is 12.6 Å². The van der Waals surface area contributed by atoms with E-state index in [4.69, 9.17) is 5.11 Å². The Kier molecular flexibility index (Phi) is 5.88. The highest BCUT2D eigenvalue weighted by Gasteiger charge is 2.22. The van der Waals surface area contributed by atoms with Gasteiger partial charge < -0.3 is 20.2 Å². The maximum absolute atomic E-state index is 8.98. The molecule has 1 aromatic rings. The monoisotopic (exact) mass is 291 g/mol. The van der Waals surface area contributed by atoms with Crippen molar-refractivity contribution in [1.29, 1.82) is 0 Å². The van der Waals surface area contributed by atoms with Crippen LogP contribution in [0, 0.1) is 5.92 Å². The lowest BCUT2D eigenvalue weighted by Crippen LogP contribution is -2.37. The van der Waals surface area contributed by atoms with Gasteiger partial charge >= 0.3 is 0 Å². The summed E-state index contributed by atoms with van der Waals surface area (Å²) in [6.45, 7) is 5.56. The Morgan fingerprint density at radius 1 is 1.29 bits per heavy atom. The zero-order chi connectivity index (χ0) is 15.2. The Balaban J connectivity index is 1.87. The second-order valence-electron chi connectivity index (χ2n) is 6.27. The van der Waals surface area contributed by atoms with E-state index in [1.165, 1.54) is 31.6 Å². The summed E-state index contributed by atoms with van der Waals surface area (Å²) in [4.78, 5) is 4.47. The van der Waals surface area contributed by atoms with Gasteiger partial charge in [0, 0.05) is 31.0 Å². The van der Waals surface area contributed by atoms with E-state index in [1.807, 2.05) is 7.05 Å². The summed E-state index contributed by atoms with van der Waals surface area (Å²) < 4.78 is 0. The number of piperidine rings is 1. The largest absolute Gasteiger partial charge is 0.395 e. The average molecular weight is 291 g/mol. The third kappa shape index (κ3) is 4.61. The molecule has 118 valence electrons. The van der Waals surface area contributed by atoms with Crippen LogP contribution in [0.5, 0.6) is 0 Å². The molecule has 1 atom stereocenters. The van der Waals surface area contributed by atoms with Crippen LogP contribution in [0.4, 0.5) is 11.4 Å². The number of likely N-dealkylation sites (N-methyl/N-ethyl adjacent to an activating group) is 1. The van der Waals surface area contributed by atoms with Gasteiger partial charge in [-0.05, 0) is 70.1 Å². The molecule has 0 spiro atoms. The summed E-state index contributed by atoms with van der Waals surface area (Å²) in [6, 6.07) is 9.00. The van der Waals surface area contributed by atoms with Gasteiger partial charge in [-0.2, -0.15) is 0 Å². The van der Waals surface area contributed by atoms with Crippen molar-refractivity contribution in [3.8, 4) is 0 Å². The Bertz CT molecular complexity index is 413. The van der Waals surface area contributed by atoms with Crippen LogP contribution in [-0.4, -0.2) is 56.4 Å². The predicted molar refractivity (Wildman–Crippen MR) is 90.1 cm³/mol. The molecule has 0 aromatic heterocycles. The highest BCUT2D eigenvalue weighted by atomic mass is 16.3. The maximum Gasteiger partial charge on any atom is 0.0606 e. The minimum Gasteiger partial charge on any atom is -0.395 e. The summed E-state index contributed by atoms with van der Waals surface area (Å²) in [5.41, 5.74) is 2.32. The molecule has 1 aromatic carbocycles. The smallest absolute Gasteiger partial charge is 0.0606 e. The van der Waals surface area contributed by atoms with Crippen molar-refractivity contribution in [3.63, 3.8) is 0 Å². The molecule has 0 amide bonds. The standard InChI is InChI=1S/C17H29N3O/c1-14(15-8-10-19(2)11-9-15)18-16-4-6-17(7-5-16)20(3)12-13-21/h4-7,14-15,18,21H,8-13H2,1-3H3. The summed E-state index contributed by atoms with van der Waals surface area (Å²) in [7, 11) is 4.20. The number of hydrogen-bond acceptors (Lipinski definition) is 4. The summed E-state index contributed by atoms with van der Waals surface area (Å²) in [6.07, 6.45) is 2.56. The Hall–Kier alpha value is -1.26. The normalized spacial score (nSPS) is 18.5. The summed E-state index contributed by atoms with van der Waals surface area (Å²) in [5, 5.41) is 12.6. The second-order valence-corrected chi connectivity index (χ2v) is 6.27. The molecule has 4 nitrogen and oxygen atoms in total. The lowest BCUT2D eigenvalue weighted by molar-refractivity contribution is 0.208. The zero-order valence-electron chi connectivity index (χ0n) is 13.5. The molecule has 2 rings (SSSR count). The molecule has 0 aliphatic carbocycles. The number of nitrogens with zero attached hydrogens (tertiary/aromatic N) is 2. The minimum atomic E-state index is 0.184. The number of aliphatic hydroxyl groups excluding tert-OH is 1. The fourth-order valence-corrected chi connectivity index (χ4v) is 3.00. The Morgan fingerprint density at radius 3 is 2.48 bits per heavy atom. The number of hydrogen-bond donors (Lipinski definition) is 2. The molecule has 4 heteroatoms. The van der Waals surface area contributed by atoms with Crippen LogP contribution < -0.4 is 10.2 Å². The molecular weight excluding hydrogens is 262 g/mol. The highest BCUT2D eigenvalue weighted by molar-refractivity contribution is 5.55. The number of rotatable bonds is 6. The zero-order valence-corrected chi connectivity index (χ0v) is 13.5. The number of aliphatic hydroxyl groups is 1. The number of anilines is 2. The van der Waals surface area contributed by atoms with Crippen molar-refractivity contribution in [1.82, 2.24) is 4.90 Å². The van der Waals surface area contributed by atoms with Crippen molar-refractivity contribution in [3.05, 3.63) is 24.3 Å². The van der Waals surface area contributed by atoms with Gasteiger partial charge in [0.15, 0.2) is 0 Å². The van der Waals surface area contributed by atoms with Crippen LogP contribution in [0.1, 0.15) is 19.8 Å². The fourth-order valence-electron chi connectivity index (χ4n) is 3.00. The highest BCUT2D eigenvalue weighted by Crippen LogP contribution is 2.23. The molecule has 1 saturated heterocycles. The lowest BCUT2D eigenvalue weighted by atomic mass is 9.90. The molecule has 2 N–H and O–H groups in total. The molecule has 0 radical (unpaired) electrons. The van der Waals surface area contributed by atoms with E-state index in [2.05, 4.69) is 53.4 Å². The SMILES string of the molecule is CC(Nc1ccc(N(C)CCO)cc1)C1CCN(C)CC1. The van der Waals surface area contributed by atoms with E-state index in [-0.39, 0.29) is 6.61 Å². The van der Waals surface area contributed by atoms with Crippen LogP contribution >= 0.6 is 0 Å².